The molecule has 0 aliphatic rings. The quantitative estimate of drug-likeness (QED) is 0.789. The number of nitrogens with zero attached hydrogens (tertiary/aromatic N) is 5. The van der Waals surface area contributed by atoms with Gasteiger partial charge < -0.3 is 10.1 Å². The lowest BCUT2D eigenvalue weighted by Gasteiger charge is -2.05. The van der Waals surface area contributed by atoms with Crippen LogP contribution in [-0.2, 0) is 20.1 Å². The third kappa shape index (κ3) is 3.78. The van der Waals surface area contributed by atoms with Gasteiger partial charge in [0.15, 0.2) is 0 Å². The van der Waals surface area contributed by atoms with E-state index < -0.39 is 0 Å². The smallest absolute Gasteiger partial charge is 0.211 e. The second kappa shape index (κ2) is 6.33. The van der Waals surface area contributed by atoms with Gasteiger partial charge in [-0.3, -0.25) is 0 Å². The molecule has 0 fully saturated rings. The third-order valence-electron chi connectivity index (χ3n) is 2.67. The maximum Gasteiger partial charge on any atom is 0.211 e. The van der Waals surface area contributed by atoms with Crippen molar-refractivity contribution in [1.82, 2.24) is 30.1 Å². The van der Waals surface area contributed by atoms with Crippen molar-refractivity contribution in [2.24, 2.45) is 7.05 Å². The molecule has 0 radical (unpaired) electrons. The van der Waals surface area contributed by atoms with Crippen molar-refractivity contribution in [3.05, 3.63) is 23.7 Å². The van der Waals surface area contributed by atoms with Crippen molar-refractivity contribution in [3.8, 4) is 5.88 Å². The largest absolute Gasteiger partial charge is 0.476 e. The molecule has 1 N–H and O–H groups in total. The molecule has 0 aliphatic carbocycles. The minimum atomic E-state index is 0.545. The zero-order valence-electron chi connectivity index (χ0n) is 11.6. The molecule has 0 spiro atoms. The van der Waals surface area contributed by atoms with Gasteiger partial charge in [-0.15, -0.1) is 5.10 Å². The summed E-state index contributed by atoms with van der Waals surface area (Å²) >= 11 is 0. The van der Waals surface area contributed by atoms with Gasteiger partial charge in [-0.05, 0) is 13.5 Å². The molecule has 0 saturated carbocycles. The van der Waals surface area contributed by atoms with Crippen LogP contribution >= 0.6 is 0 Å². The maximum absolute atomic E-state index is 5.65. The fourth-order valence-corrected chi connectivity index (χ4v) is 1.75. The number of rotatable bonds is 7. The third-order valence-corrected chi connectivity index (χ3v) is 2.67. The molecule has 104 valence electrons. The molecule has 0 atom stereocenters. The van der Waals surface area contributed by atoms with Crippen molar-refractivity contribution >= 4 is 0 Å². The number of aryl methyl sites for hydroxylation is 2. The van der Waals surface area contributed by atoms with Gasteiger partial charge in [-0.1, -0.05) is 12.1 Å². The second-order valence-corrected chi connectivity index (χ2v) is 4.35. The summed E-state index contributed by atoms with van der Waals surface area (Å²) in [6, 6.07) is 1.91. The number of aromatic nitrogens is 5. The first kappa shape index (κ1) is 13.5. The van der Waals surface area contributed by atoms with Crippen LogP contribution in [0.3, 0.4) is 0 Å². The van der Waals surface area contributed by atoms with Gasteiger partial charge in [0.1, 0.15) is 6.61 Å². The SMILES string of the molecule is CCNCc1cn(CCOc2cc(C)nn2C)nn1. The predicted molar refractivity (Wildman–Crippen MR) is 70.8 cm³/mol. The van der Waals surface area contributed by atoms with Crippen LogP contribution in [0.25, 0.3) is 0 Å². The molecule has 0 bridgehead atoms. The van der Waals surface area contributed by atoms with Gasteiger partial charge in [0.05, 0.1) is 17.9 Å². The van der Waals surface area contributed by atoms with Crippen molar-refractivity contribution in [2.75, 3.05) is 13.2 Å². The maximum atomic E-state index is 5.65. The summed E-state index contributed by atoms with van der Waals surface area (Å²) in [6.07, 6.45) is 1.93. The molecule has 0 unspecified atom stereocenters. The molecule has 7 nitrogen and oxygen atoms in total. The van der Waals surface area contributed by atoms with Crippen LogP contribution in [0.15, 0.2) is 12.3 Å². The van der Waals surface area contributed by atoms with E-state index in [4.69, 9.17) is 4.74 Å². The van der Waals surface area contributed by atoms with E-state index >= 15 is 0 Å². The molecular weight excluding hydrogens is 244 g/mol. The highest BCUT2D eigenvalue weighted by molar-refractivity contribution is 5.14. The first-order valence-corrected chi connectivity index (χ1v) is 6.42. The molecule has 0 aliphatic heterocycles. The Bertz CT molecular complexity index is 518. The van der Waals surface area contributed by atoms with Crippen LogP contribution in [0.5, 0.6) is 5.88 Å². The fourth-order valence-electron chi connectivity index (χ4n) is 1.75. The monoisotopic (exact) mass is 264 g/mol. The van der Waals surface area contributed by atoms with Crippen molar-refractivity contribution < 1.29 is 4.74 Å². The highest BCUT2D eigenvalue weighted by Gasteiger charge is 2.04. The number of hydrogen-bond acceptors (Lipinski definition) is 5. The van der Waals surface area contributed by atoms with Crippen LogP contribution in [0.1, 0.15) is 18.3 Å². The predicted octanol–water partition coefficient (Wildman–Crippen LogP) is 0.509. The van der Waals surface area contributed by atoms with E-state index in [2.05, 4.69) is 27.7 Å². The molecule has 2 rings (SSSR count). The molecule has 0 aromatic carbocycles. The average Bonchev–Trinajstić information content (AvgIpc) is 2.94. The van der Waals surface area contributed by atoms with Gasteiger partial charge in [-0.25, -0.2) is 9.36 Å². The normalized spacial score (nSPS) is 10.9. The van der Waals surface area contributed by atoms with E-state index in [0.717, 1.165) is 30.4 Å². The molecule has 2 aromatic rings. The Kier molecular flexibility index (Phi) is 4.51. The molecule has 2 heterocycles. The zero-order valence-corrected chi connectivity index (χ0v) is 11.6. The fraction of sp³-hybridized carbons (Fsp3) is 0.583. The molecule has 19 heavy (non-hydrogen) atoms. The van der Waals surface area contributed by atoms with Crippen molar-refractivity contribution in [2.45, 2.75) is 26.9 Å². The van der Waals surface area contributed by atoms with Gasteiger partial charge in [0.2, 0.25) is 5.88 Å². The Hall–Kier alpha value is -1.89. The van der Waals surface area contributed by atoms with Crippen LogP contribution in [0, 0.1) is 6.92 Å². The van der Waals surface area contributed by atoms with Gasteiger partial charge in [0, 0.05) is 25.9 Å². The number of hydrogen-bond donors (Lipinski definition) is 1. The Morgan fingerprint density at radius 3 is 2.95 bits per heavy atom. The zero-order chi connectivity index (χ0) is 13.7. The summed E-state index contributed by atoms with van der Waals surface area (Å²) < 4.78 is 9.17. The lowest BCUT2D eigenvalue weighted by Crippen LogP contribution is -2.12. The summed E-state index contributed by atoms with van der Waals surface area (Å²) in [6.45, 7) is 6.89. The molecule has 7 heteroatoms. The van der Waals surface area contributed by atoms with Crippen LogP contribution in [0.4, 0.5) is 0 Å². The lowest BCUT2D eigenvalue weighted by molar-refractivity contribution is 0.267. The minimum Gasteiger partial charge on any atom is -0.476 e. The van der Waals surface area contributed by atoms with Gasteiger partial charge in [-0.2, -0.15) is 5.10 Å². The summed E-state index contributed by atoms with van der Waals surface area (Å²) in [5, 5.41) is 15.6. The van der Waals surface area contributed by atoms with Gasteiger partial charge >= 0.3 is 0 Å². The Morgan fingerprint density at radius 1 is 1.42 bits per heavy atom. The first-order valence-electron chi connectivity index (χ1n) is 6.42. The highest BCUT2D eigenvalue weighted by Crippen LogP contribution is 2.10. The van der Waals surface area contributed by atoms with Gasteiger partial charge in [0.25, 0.3) is 0 Å². The van der Waals surface area contributed by atoms with E-state index in [9.17, 15) is 0 Å². The summed E-state index contributed by atoms with van der Waals surface area (Å²) in [4.78, 5) is 0. The Labute approximate surface area is 112 Å². The average molecular weight is 264 g/mol. The Morgan fingerprint density at radius 2 is 2.26 bits per heavy atom. The number of ether oxygens (including phenoxy) is 1. The minimum absolute atomic E-state index is 0.545. The number of nitrogens with one attached hydrogen (secondary N) is 1. The summed E-state index contributed by atoms with van der Waals surface area (Å²) in [5.74, 6) is 0.769. The standard InChI is InChI=1S/C12H20N6O/c1-4-13-8-11-9-18(16-14-11)5-6-19-12-7-10(2)15-17(12)3/h7,9,13H,4-6,8H2,1-3H3. The summed E-state index contributed by atoms with van der Waals surface area (Å²) in [7, 11) is 1.87. The van der Waals surface area contributed by atoms with Crippen LogP contribution in [0.2, 0.25) is 0 Å². The molecule has 0 saturated heterocycles. The van der Waals surface area contributed by atoms with Crippen LogP contribution in [-0.4, -0.2) is 37.9 Å². The molecular formula is C12H20N6O. The van der Waals surface area contributed by atoms with Crippen molar-refractivity contribution in [1.29, 1.82) is 0 Å². The topological polar surface area (TPSA) is 69.8 Å². The highest BCUT2D eigenvalue weighted by atomic mass is 16.5. The Balaban J connectivity index is 1.79. The van der Waals surface area contributed by atoms with E-state index in [1.54, 1.807) is 9.36 Å². The van der Waals surface area contributed by atoms with E-state index in [1.807, 2.05) is 26.2 Å². The van der Waals surface area contributed by atoms with Crippen molar-refractivity contribution in [3.63, 3.8) is 0 Å². The second-order valence-electron chi connectivity index (χ2n) is 4.35. The molecule has 2 aromatic heterocycles. The van der Waals surface area contributed by atoms with E-state index in [1.165, 1.54) is 0 Å². The first-order chi connectivity index (χ1) is 9.19. The van der Waals surface area contributed by atoms with E-state index in [-0.39, 0.29) is 0 Å². The molecule has 0 amide bonds. The summed E-state index contributed by atoms with van der Waals surface area (Å²) in [5.41, 5.74) is 1.89. The lowest BCUT2D eigenvalue weighted by atomic mass is 10.4. The van der Waals surface area contributed by atoms with E-state index in [0.29, 0.717) is 13.2 Å². The van der Waals surface area contributed by atoms with Crippen LogP contribution < -0.4 is 10.1 Å².